The average Bonchev–Trinajstić information content (AvgIpc) is 2.52. The molecule has 3 rings (SSSR count). The Morgan fingerprint density at radius 2 is 2.00 bits per heavy atom. The van der Waals surface area contributed by atoms with Crippen molar-refractivity contribution in [1.82, 2.24) is 20.1 Å². The van der Waals surface area contributed by atoms with E-state index in [1.54, 1.807) is 23.1 Å². The van der Waals surface area contributed by atoms with Crippen LogP contribution in [0, 0.1) is 0 Å². The summed E-state index contributed by atoms with van der Waals surface area (Å²) >= 11 is 12.2. The first kappa shape index (κ1) is 19.4. The SMILES string of the molecule is CC(C)(C)OC(=O)N1CC(Nc2nnc(-c3cccc(Cl)c3Cl)c(N)n2)C1. The number of likely N-dealkylation sites (tertiary alicyclic amines) is 1. The number of amides is 1. The molecule has 1 aliphatic heterocycles. The quantitative estimate of drug-likeness (QED) is 0.797. The van der Waals surface area contributed by atoms with Crippen molar-refractivity contribution in [3.8, 4) is 11.3 Å². The van der Waals surface area contributed by atoms with E-state index in [4.69, 9.17) is 33.7 Å². The molecule has 0 radical (unpaired) electrons. The fourth-order valence-electron chi connectivity index (χ4n) is 2.51. The third kappa shape index (κ3) is 4.51. The van der Waals surface area contributed by atoms with Gasteiger partial charge in [-0.3, -0.25) is 0 Å². The number of halogens is 2. The van der Waals surface area contributed by atoms with Crippen molar-refractivity contribution in [3.63, 3.8) is 0 Å². The van der Waals surface area contributed by atoms with Gasteiger partial charge in [0.2, 0.25) is 5.95 Å². The highest BCUT2D eigenvalue weighted by atomic mass is 35.5. The molecule has 27 heavy (non-hydrogen) atoms. The summed E-state index contributed by atoms with van der Waals surface area (Å²) in [4.78, 5) is 17.8. The molecule has 10 heteroatoms. The van der Waals surface area contributed by atoms with Crippen LogP contribution in [-0.2, 0) is 4.74 Å². The van der Waals surface area contributed by atoms with Crippen molar-refractivity contribution in [2.45, 2.75) is 32.4 Å². The van der Waals surface area contributed by atoms with E-state index in [2.05, 4.69) is 20.5 Å². The third-order valence-electron chi connectivity index (χ3n) is 3.79. The van der Waals surface area contributed by atoms with Crippen LogP contribution in [0.25, 0.3) is 11.3 Å². The number of benzene rings is 1. The highest BCUT2D eigenvalue weighted by molar-refractivity contribution is 6.43. The van der Waals surface area contributed by atoms with Gasteiger partial charge in [0.25, 0.3) is 0 Å². The summed E-state index contributed by atoms with van der Waals surface area (Å²) in [7, 11) is 0. The molecule has 0 atom stereocenters. The minimum Gasteiger partial charge on any atom is -0.444 e. The molecule has 2 aromatic rings. The Bertz CT molecular complexity index is 865. The standard InChI is InChI=1S/C17H20Cl2N6O2/c1-17(2,3)27-16(26)25-7-9(8-25)21-15-22-14(20)13(23-24-15)10-5-4-6-11(18)12(10)19/h4-6,9H,7-8H2,1-3H3,(H3,20,21,22,24). The minimum atomic E-state index is -0.519. The molecule has 0 bridgehead atoms. The predicted molar refractivity (Wildman–Crippen MR) is 105 cm³/mol. The number of carbonyl (C=O) groups excluding carboxylic acids is 1. The van der Waals surface area contributed by atoms with Crippen LogP contribution in [0.3, 0.4) is 0 Å². The van der Waals surface area contributed by atoms with Crippen molar-refractivity contribution in [2.24, 2.45) is 0 Å². The molecule has 1 fully saturated rings. The number of nitrogens with two attached hydrogens (primary N) is 1. The third-order valence-corrected chi connectivity index (χ3v) is 4.61. The summed E-state index contributed by atoms with van der Waals surface area (Å²) in [5.74, 6) is 0.461. The first-order chi connectivity index (χ1) is 12.6. The number of anilines is 2. The summed E-state index contributed by atoms with van der Waals surface area (Å²) in [6.07, 6.45) is -0.343. The van der Waals surface area contributed by atoms with Gasteiger partial charge >= 0.3 is 6.09 Å². The van der Waals surface area contributed by atoms with Crippen molar-refractivity contribution < 1.29 is 9.53 Å². The lowest BCUT2D eigenvalue weighted by atomic mass is 10.1. The molecule has 1 aromatic heterocycles. The number of nitrogens with zero attached hydrogens (tertiary/aromatic N) is 4. The second-order valence-corrected chi connectivity index (χ2v) is 7.98. The molecule has 3 N–H and O–H groups in total. The number of nitrogens with one attached hydrogen (secondary N) is 1. The molecule has 0 saturated carbocycles. The molecule has 0 unspecified atom stereocenters. The van der Waals surface area contributed by atoms with Crippen molar-refractivity contribution in [2.75, 3.05) is 24.1 Å². The van der Waals surface area contributed by atoms with Gasteiger partial charge in [0.05, 0.1) is 16.1 Å². The van der Waals surface area contributed by atoms with E-state index in [0.29, 0.717) is 34.4 Å². The van der Waals surface area contributed by atoms with E-state index < -0.39 is 5.60 Å². The largest absolute Gasteiger partial charge is 0.444 e. The number of nitrogen functional groups attached to an aromatic ring is 1. The van der Waals surface area contributed by atoms with Crippen LogP contribution in [0.2, 0.25) is 10.0 Å². The van der Waals surface area contributed by atoms with Crippen LogP contribution in [0.1, 0.15) is 20.8 Å². The summed E-state index contributed by atoms with van der Waals surface area (Å²) in [5.41, 5.74) is 6.41. The van der Waals surface area contributed by atoms with Gasteiger partial charge in [-0.15, -0.1) is 10.2 Å². The van der Waals surface area contributed by atoms with Crippen molar-refractivity contribution in [1.29, 1.82) is 0 Å². The molecule has 2 heterocycles. The number of hydrogen-bond acceptors (Lipinski definition) is 7. The molecule has 8 nitrogen and oxygen atoms in total. The zero-order valence-corrected chi connectivity index (χ0v) is 16.7. The summed E-state index contributed by atoms with van der Waals surface area (Å²) in [5, 5.41) is 12.0. The smallest absolute Gasteiger partial charge is 0.410 e. The number of hydrogen-bond donors (Lipinski definition) is 2. The van der Waals surface area contributed by atoms with Crippen molar-refractivity contribution in [3.05, 3.63) is 28.2 Å². The first-order valence-corrected chi connectivity index (χ1v) is 9.08. The molecular weight excluding hydrogens is 391 g/mol. The Hall–Kier alpha value is -2.32. The topological polar surface area (TPSA) is 106 Å². The molecule has 1 aromatic carbocycles. The van der Waals surface area contributed by atoms with E-state index in [9.17, 15) is 4.79 Å². The van der Waals surface area contributed by atoms with Gasteiger partial charge in [0, 0.05) is 18.7 Å². The Labute approximate surface area is 167 Å². The highest BCUT2D eigenvalue weighted by Crippen LogP contribution is 2.34. The first-order valence-electron chi connectivity index (χ1n) is 8.33. The Balaban J connectivity index is 1.63. The van der Waals surface area contributed by atoms with E-state index in [1.807, 2.05) is 20.8 Å². The van der Waals surface area contributed by atoms with Gasteiger partial charge in [-0.05, 0) is 26.8 Å². The van der Waals surface area contributed by atoms with Crippen LogP contribution >= 0.6 is 23.2 Å². The van der Waals surface area contributed by atoms with E-state index in [-0.39, 0.29) is 23.9 Å². The van der Waals surface area contributed by atoms with E-state index >= 15 is 0 Å². The van der Waals surface area contributed by atoms with Gasteiger partial charge in [0.1, 0.15) is 11.3 Å². The summed E-state index contributed by atoms with van der Waals surface area (Å²) in [6.45, 7) is 6.46. The molecule has 144 valence electrons. The molecule has 1 saturated heterocycles. The maximum Gasteiger partial charge on any atom is 0.410 e. The van der Waals surface area contributed by atoms with Gasteiger partial charge in [0.15, 0.2) is 5.82 Å². The lowest BCUT2D eigenvalue weighted by molar-refractivity contribution is 0.0104. The maximum atomic E-state index is 11.9. The normalized spacial score (nSPS) is 14.6. The predicted octanol–water partition coefficient (Wildman–Crippen LogP) is 3.46. The van der Waals surface area contributed by atoms with Crippen LogP contribution in [0.15, 0.2) is 18.2 Å². The van der Waals surface area contributed by atoms with Gasteiger partial charge in [-0.25, -0.2) is 4.79 Å². The Morgan fingerprint density at radius 1 is 1.30 bits per heavy atom. The number of carbonyl (C=O) groups is 1. The average molecular weight is 411 g/mol. The monoisotopic (exact) mass is 410 g/mol. The van der Waals surface area contributed by atoms with E-state index in [1.165, 1.54) is 0 Å². The van der Waals surface area contributed by atoms with Crippen LogP contribution in [0.4, 0.5) is 16.6 Å². The second-order valence-electron chi connectivity index (χ2n) is 7.20. The van der Waals surface area contributed by atoms with Crippen LogP contribution < -0.4 is 11.1 Å². The van der Waals surface area contributed by atoms with E-state index in [0.717, 1.165) is 0 Å². The molecular formula is C17H20Cl2N6O2. The molecule has 0 spiro atoms. The number of aromatic nitrogens is 3. The van der Waals surface area contributed by atoms with Crippen molar-refractivity contribution >= 4 is 41.1 Å². The maximum absolute atomic E-state index is 11.9. The Morgan fingerprint density at radius 3 is 2.63 bits per heavy atom. The zero-order valence-electron chi connectivity index (χ0n) is 15.2. The molecule has 0 aliphatic carbocycles. The number of rotatable bonds is 3. The zero-order chi connectivity index (χ0) is 19.8. The van der Waals surface area contributed by atoms with Crippen LogP contribution in [0.5, 0.6) is 0 Å². The lowest BCUT2D eigenvalue weighted by Crippen LogP contribution is -2.58. The number of ether oxygens (including phenoxy) is 1. The highest BCUT2D eigenvalue weighted by Gasteiger charge is 2.34. The molecule has 1 aliphatic rings. The molecule has 1 amide bonds. The van der Waals surface area contributed by atoms with Gasteiger partial charge < -0.3 is 20.7 Å². The fourth-order valence-corrected chi connectivity index (χ4v) is 2.90. The van der Waals surface area contributed by atoms with Gasteiger partial charge in [-0.1, -0.05) is 35.3 Å². The Kier molecular flexibility index (Phi) is 5.30. The van der Waals surface area contributed by atoms with Gasteiger partial charge in [-0.2, -0.15) is 4.98 Å². The minimum absolute atomic E-state index is 0.000624. The summed E-state index contributed by atoms with van der Waals surface area (Å²) < 4.78 is 5.32. The summed E-state index contributed by atoms with van der Waals surface area (Å²) in [6, 6.07) is 5.16. The second kappa shape index (κ2) is 7.36. The lowest BCUT2D eigenvalue weighted by Gasteiger charge is -2.39. The van der Waals surface area contributed by atoms with Crippen LogP contribution in [-0.4, -0.2) is 50.9 Å². The fraction of sp³-hybridized carbons (Fsp3) is 0.412.